The summed E-state index contributed by atoms with van der Waals surface area (Å²) in [5.74, 6) is -1.59. The number of hydrogen-bond acceptors (Lipinski definition) is 3. The highest BCUT2D eigenvalue weighted by Crippen LogP contribution is 2.32. The lowest BCUT2D eigenvalue weighted by molar-refractivity contribution is -0.138. The van der Waals surface area contributed by atoms with Crippen LogP contribution >= 0.6 is 0 Å². The van der Waals surface area contributed by atoms with Gasteiger partial charge < -0.3 is 16.2 Å². The number of nitrogens with two attached hydrogens (primary N) is 1. The van der Waals surface area contributed by atoms with E-state index in [-0.39, 0.29) is 12.8 Å². The molecule has 1 aromatic carbocycles. The van der Waals surface area contributed by atoms with Crippen molar-refractivity contribution < 1.29 is 19.5 Å². The highest BCUT2D eigenvalue weighted by Gasteiger charge is 2.38. The molecular weight excluding hydrogens is 274 g/mol. The molecule has 1 heterocycles. The number of fused-ring (bicyclic) bond motifs is 1. The number of aliphatic carboxylic acids is 1. The largest absolute Gasteiger partial charge is 0.480 e. The maximum atomic E-state index is 12.3. The highest BCUT2D eigenvalue weighted by molar-refractivity contribution is 6.01. The number of carboxylic acids is 1. The van der Waals surface area contributed by atoms with Crippen LogP contribution in [-0.2, 0) is 16.0 Å². The van der Waals surface area contributed by atoms with E-state index in [1.165, 1.54) is 4.90 Å². The lowest BCUT2D eigenvalue weighted by Crippen LogP contribution is -2.50. The number of urea groups is 1. The van der Waals surface area contributed by atoms with E-state index < -0.39 is 30.0 Å². The van der Waals surface area contributed by atoms with Gasteiger partial charge in [0, 0.05) is 24.6 Å². The Morgan fingerprint density at radius 1 is 1.43 bits per heavy atom. The van der Waals surface area contributed by atoms with E-state index in [4.69, 9.17) is 5.73 Å². The smallest absolute Gasteiger partial charge is 0.327 e. The zero-order chi connectivity index (χ0) is 15.6. The molecule has 0 radical (unpaired) electrons. The molecule has 7 heteroatoms. The average Bonchev–Trinajstić information content (AvgIpc) is 2.76. The predicted molar refractivity (Wildman–Crippen MR) is 75.9 cm³/mol. The maximum Gasteiger partial charge on any atom is 0.327 e. The molecule has 0 aliphatic carbocycles. The lowest BCUT2D eigenvalue weighted by Gasteiger charge is -2.24. The van der Waals surface area contributed by atoms with Crippen molar-refractivity contribution in [3.63, 3.8) is 0 Å². The van der Waals surface area contributed by atoms with Crippen LogP contribution in [0.15, 0.2) is 24.3 Å². The molecule has 0 aromatic heterocycles. The van der Waals surface area contributed by atoms with Gasteiger partial charge in [-0.05, 0) is 18.6 Å². The molecule has 1 aromatic rings. The van der Waals surface area contributed by atoms with Gasteiger partial charge in [-0.3, -0.25) is 9.69 Å². The molecule has 0 bridgehead atoms. The molecule has 0 spiro atoms. The number of amides is 3. The lowest BCUT2D eigenvalue weighted by atomic mass is 10.1. The van der Waals surface area contributed by atoms with E-state index in [0.29, 0.717) is 5.69 Å². The van der Waals surface area contributed by atoms with Crippen LogP contribution in [0.3, 0.4) is 0 Å². The summed E-state index contributed by atoms with van der Waals surface area (Å²) in [6.45, 7) is 1.64. The Hall–Kier alpha value is -2.57. The number of anilines is 1. The number of carbonyl (C=O) groups is 3. The Labute approximate surface area is 121 Å². The number of carbonyl (C=O) groups excluding carboxylic acids is 2. The van der Waals surface area contributed by atoms with Crippen LogP contribution in [0.5, 0.6) is 0 Å². The Kier molecular flexibility index (Phi) is 4.11. The van der Waals surface area contributed by atoms with Gasteiger partial charge >= 0.3 is 12.0 Å². The van der Waals surface area contributed by atoms with Gasteiger partial charge in [0.15, 0.2) is 0 Å². The zero-order valence-electron chi connectivity index (χ0n) is 11.6. The monoisotopic (exact) mass is 291 g/mol. The molecule has 1 aliphatic heterocycles. The molecule has 1 aliphatic rings. The first-order chi connectivity index (χ1) is 9.90. The fraction of sp³-hybridized carbons (Fsp3) is 0.357. The standard InChI is InChI=1S/C14H17N3O4/c1-8(6-12(15)18)16-14(21)17-10-5-3-2-4-9(10)7-11(17)13(19)20/h2-5,8,11H,6-7H2,1H3,(H2,15,18)(H,16,21)(H,19,20)/t8?,11-/m0/s1. The molecule has 0 saturated carbocycles. The van der Waals surface area contributed by atoms with E-state index in [2.05, 4.69) is 5.32 Å². The average molecular weight is 291 g/mol. The summed E-state index contributed by atoms with van der Waals surface area (Å²) in [4.78, 5) is 35.7. The third-order valence-electron chi connectivity index (χ3n) is 3.36. The van der Waals surface area contributed by atoms with Crippen molar-refractivity contribution in [3.8, 4) is 0 Å². The molecule has 4 N–H and O–H groups in total. The first kappa shape index (κ1) is 14.8. The van der Waals surface area contributed by atoms with Crippen molar-refractivity contribution >= 4 is 23.6 Å². The molecule has 7 nitrogen and oxygen atoms in total. The van der Waals surface area contributed by atoms with Gasteiger partial charge in [0.1, 0.15) is 6.04 Å². The normalized spacial score (nSPS) is 18.0. The minimum absolute atomic E-state index is 0.00103. The van der Waals surface area contributed by atoms with Crippen molar-refractivity contribution in [1.29, 1.82) is 0 Å². The summed E-state index contributed by atoms with van der Waals surface area (Å²) < 4.78 is 0. The fourth-order valence-corrected chi connectivity index (χ4v) is 2.47. The molecule has 112 valence electrons. The molecule has 21 heavy (non-hydrogen) atoms. The highest BCUT2D eigenvalue weighted by atomic mass is 16.4. The van der Waals surface area contributed by atoms with E-state index in [1.54, 1.807) is 31.2 Å². The Morgan fingerprint density at radius 3 is 2.71 bits per heavy atom. The molecular formula is C14H17N3O4. The van der Waals surface area contributed by atoms with Crippen molar-refractivity contribution in [1.82, 2.24) is 5.32 Å². The Morgan fingerprint density at radius 2 is 2.10 bits per heavy atom. The molecule has 2 atom stereocenters. The SMILES string of the molecule is CC(CC(N)=O)NC(=O)N1c2ccccc2C[C@H]1C(=O)O. The fourth-order valence-electron chi connectivity index (χ4n) is 2.47. The van der Waals surface area contributed by atoms with Gasteiger partial charge in [-0.1, -0.05) is 18.2 Å². The van der Waals surface area contributed by atoms with Crippen LogP contribution in [0, 0.1) is 0 Å². The van der Waals surface area contributed by atoms with E-state index in [1.807, 2.05) is 0 Å². The molecule has 0 fully saturated rings. The van der Waals surface area contributed by atoms with Crippen LogP contribution in [0.4, 0.5) is 10.5 Å². The van der Waals surface area contributed by atoms with E-state index >= 15 is 0 Å². The second-order valence-electron chi connectivity index (χ2n) is 5.08. The summed E-state index contributed by atoms with van der Waals surface area (Å²) in [6, 6.07) is 5.11. The van der Waals surface area contributed by atoms with Crippen molar-refractivity contribution in [2.45, 2.75) is 31.8 Å². The number of nitrogens with zero attached hydrogens (tertiary/aromatic N) is 1. The van der Waals surface area contributed by atoms with Gasteiger partial charge in [-0.25, -0.2) is 9.59 Å². The number of hydrogen-bond donors (Lipinski definition) is 3. The quantitative estimate of drug-likeness (QED) is 0.748. The number of benzene rings is 1. The van der Waals surface area contributed by atoms with Crippen LogP contribution in [0.25, 0.3) is 0 Å². The van der Waals surface area contributed by atoms with E-state index in [0.717, 1.165) is 5.56 Å². The second-order valence-corrected chi connectivity index (χ2v) is 5.08. The van der Waals surface area contributed by atoms with Crippen LogP contribution in [0.2, 0.25) is 0 Å². The third-order valence-corrected chi connectivity index (χ3v) is 3.36. The Bertz CT molecular complexity index is 587. The molecule has 2 rings (SSSR count). The number of primary amides is 1. The number of rotatable bonds is 4. The predicted octanol–water partition coefficient (Wildman–Crippen LogP) is 0.476. The van der Waals surface area contributed by atoms with Gasteiger partial charge in [-0.15, -0.1) is 0 Å². The minimum Gasteiger partial charge on any atom is -0.480 e. The summed E-state index contributed by atoms with van der Waals surface area (Å²) in [7, 11) is 0. The molecule has 1 unspecified atom stereocenters. The van der Waals surface area contributed by atoms with E-state index in [9.17, 15) is 19.5 Å². The van der Waals surface area contributed by atoms with Crippen molar-refractivity contribution in [3.05, 3.63) is 29.8 Å². The molecule has 3 amide bonds. The topological polar surface area (TPSA) is 113 Å². The first-order valence-corrected chi connectivity index (χ1v) is 6.59. The van der Waals surface area contributed by atoms with Gasteiger partial charge in [-0.2, -0.15) is 0 Å². The minimum atomic E-state index is -1.07. The first-order valence-electron chi connectivity index (χ1n) is 6.59. The summed E-state index contributed by atoms with van der Waals surface area (Å²) in [5.41, 5.74) is 6.46. The zero-order valence-corrected chi connectivity index (χ0v) is 11.6. The second kappa shape index (κ2) is 5.82. The summed E-state index contributed by atoms with van der Waals surface area (Å²) in [6.07, 6.45) is 0.266. The Balaban J connectivity index is 2.20. The van der Waals surface area contributed by atoms with Crippen molar-refractivity contribution in [2.24, 2.45) is 5.73 Å². The van der Waals surface area contributed by atoms with Crippen molar-refractivity contribution in [2.75, 3.05) is 4.90 Å². The maximum absolute atomic E-state index is 12.3. The van der Waals surface area contributed by atoms with Crippen LogP contribution in [-0.4, -0.2) is 35.1 Å². The summed E-state index contributed by atoms with van der Waals surface area (Å²) in [5, 5.41) is 11.9. The number of para-hydroxylation sites is 1. The van der Waals surface area contributed by atoms with Crippen LogP contribution in [0.1, 0.15) is 18.9 Å². The van der Waals surface area contributed by atoms with Crippen LogP contribution < -0.4 is 16.0 Å². The van der Waals surface area contributed by atoms with Gasteiger partial charge in [0.25, 0.3) is 0 Å². The summed E-state index contributed by atoms with van der Waals surface area (Å²) >= 11 is 0. The number of carboxylic acid groups (broad SMARTS) is 1. The third kappa shape index (κ3) is 3.13. The number of nitrogens with one attached hydrogen (secondary N) is 1. The van der Waals surface area contributed by atoms with Gasteiger partial charge in [0.2, 0.25) is 5.91 Å². The molecule has 0 saturated heterocycles. The van der Waals surface area contributed by atoms with Gasteiger partial charge in [0.05, 0.1) is 0 Å².